The number of fused-ring (bicyclic) bond motifs is 1. The van der Waals surface area contributed by atoms with Crippen molar-refractivity contribution in [2.45, 2.75) is 19.4 Å². The second kappa shape index (κ2) is 9.49. The third-order valence-electron chi connectivity index (χ3n) is 4.55. The van der Waals surface area contributed by atoms with Crippen LogP contribution in [0.4, 0.5) is 0 Å². The van der Waals surface area contributed by atoms with Crippen LogP contribution in [0.15, 0.2) is 78.2 Å². The summed E-state index contributed by atoms with van der Waals surface area (Å²) in [4.78, 5) is 12.2. The molecule has 6 heteroatoms. The van der Waals surface area contributed by atoms with Crippen molar-refractivity contribution in [1.82, 2.24) is 10.0 Å². The van der Waals surface area contributed by atoms with Gasteiger partial charge in [-0.15, -0.1) is 0 Å². The van der Waals surface area contributed by atoms with E-state index in [0.29, 0.717) is 0 Å². The van der Waals surface area contributed by atoms with Gasteiger partial charge in [0.25, 0.3) is 0 Å². The first kappa shape index (κ1) is 20.8. The number of amides is 1. The maximum absolute atomic E-state index is 12.2. The lowest BCUT2D eigenvalue weighted by Crippen LogP contribution is -2.31. The highest BCUT2D eigenvalue weighted by atomic mass is 32.2. The Morgan fingerprint density at radius 2 is 1.66 bits per heavy atom. The minimum atomic E-state index is -3.59. The van der Waals surface area contributed by atoms with Crippen molar-refractivity contribution in [3.63, 3.8) is 0 Å². The number of benzene rings is 3. The topological polar surface area (TPSA) is 75.3 Å². The van der Waals surface area contributed by atoms with Gasteiger partial charge in [0, 0.05) is 18.4 Å². The van der Waals surface area contributed by atoms with E-state index in [-0.39, 0.29) is 24.9 Å². The molecule has 0 saturated heterocycles. The average Bonchev–Trinajstić information content (AvgIpc) is 2.72. The van der Waals surface area contributed by atoms with Crippen LogP contribution in [-0.2, 0) is 14.8 Å². The molecule has 0 fully saturated rings. The fourth-order valence-electron chi connectivity index (χ4n) is 2.96. The molecular formula is C23H24N2O3S. The fraction of sp³-hybridized carbons (Fsp3) is 0.174. The molecule has 0 radical (unpaired) electrons. The summed E-state index contributed by atoms with van der Waals surface area (Å²) in [5.74, 6) is -0.208. The standard InChI is InChI=1S/C23H24N2O3S/c1-18(21-12-11-20-9-5-6-10-22(20)17-21)25-23(26)13-15-24-29(27,28)16-14-19-7-3-2-4-8-19/h2-12,14,16-18,24H,13,15H2,1H3,(H,25,26). The van der Waals surface area contributed by atoms with Crippen LogP contribution in [0.3, 0.4) is 0 Å². The molecule has 2 N–H and O–H groups in total. The molecule has 0 aliphatic heterocycles. The van der Waals surface area contributed by atoms with Crippen molar-refractivity contribution in [2.24, 2.45) is 0 Å². The zero-order chi connectivity index (χ0) is 20.7. The highest BCUT2D eigenvalue weighted by Crippen LogP contribution is 2.20. The van der Waals surface area contributed by atoms with E-state index in [1.165, 1.54) is 6.08 Å². The van der Waals surface area contributed by atoms with Crippen LogP contribution in [0.5, 0.6) is 0 Å². The van der Waals surface area contributed by atoms with Crippen LogP contribution >= 0.6 is 0 Å². The number of nitrogens with one attached hydrogen (secondary N) is 2. The molecule has 1 unspecified atom stereocenters. The van der Waals surface area contributed by atoms with E-state index in [1.54, 1.807) is 0 Å². The Hall–Kier alpha value is -2.96. The quantitative estimate of drug-likeness (QED) is 0.592. The van der Waals surface area contributed by atoms with Gasteiger partial charge in [0.1, 0.15) is 0 Å². The lowest BCUT2D eigenvalue weighted by molar-refractivity contribution is -0.121. The summed E-state index contributed by atoms with van der Waals surface area (Å²) in [6.45, 7) is 1.95. The SMILES string of the molecule is CC(NC(=O)CCNS(=O)(=O)C=Cc1ccccc1)c1ccc2ccccc2c1. The Kier molecular flexibility index (Phi) is 6.80. The maximum atomic E-state index is 12.2. The molecule has 0 spiro atoms. The minimum Gasteiger partial charge on any atom is -0.350 e. The van der Waals surface area contributed by atoms with E-state index in [0.717, 1.165) is 27.3 Å². The summed E-state index contributed by atoms with van der Waals surface area (Å²) in [6, 6.07) is 23.1. The van der Waals surface area contributed by atoms with Gasteiger partial charge >= 0.3 is 0 Å². The predicted octanol–water partition coefficient (Wildman–Crippen LogP) is 4.00. The minimum absolute atomic E-state index is 0.0394. The Morgan fingerprint density at radius 1 is 0.966 bits per heavy atom. The van der Waals surface area contributed by atoms with E-state index in [1.807, 2.05) is 73.7 Å². The third-order valence-corrected chi connectivity index (χ3v) is 5.65. The molecule has 1 amide bonds. The second-order valence-electron chi connectivity index (χ2n) is 6.80. The number of rotatable bonds is 8. The van der Waals surface area contributed by atoms with Crippen molar-refractivity contribution >= 4 is 32.8 Å². The van der Waals surface area contributed by atoms with Crippen LogP contribution in [-0.4, -0.2) is 20.9 Å². The Labute approximate surface area is 171 Å². The lowest BCUT2D eigenvalue weighted by atomic mass is 10.0. The summed E-state index contributed by atoms with van der Waals surface area (Å²) >= 11 is 0. The van der Waals surface area contributed by atoms with Crippen LogP contribution in [0.1, 0.15) is 30.5 Å². The zero-order valence-electron chi connectivity index (χ0n) is 16.2. The van der Waals surface area contributed by atoms with Gasteiger partial charge in [-0.2, -0.15) is 0 Å². The third kappa shape index (κ3) is 6.27. The molecule has 3 aromatic carbocycles. The number of hydrogen-bond donors (Lipinski definition) is 2. The number of carbonyl (C=O) groups excluding carboxylic acids is 1. The van der Waals surface area contributed by atoms with Crippen molar-refractivity contribution in [3.8, 4) is 0 Å². The smallest absolute Gasteiger partial charge is 0.233 e. The number of sulfonamides is 1. The summed E-state index contributed by atoms with van der Waals surface area (Å²) < 4.78 is 26.5. The molecule has 0 saturated carbocycles. The van der Waals surface area contributed by atoms with Crippen molar-refractivity contribution in [3.05, 3.63) is 89.3 Å². The Bertz CT molecular complexity index is 1110. The molecule has 29 heavy (non-hydrogen) atoms. The highest BCUT2D eigenvalue weighted by Gasteiger charge is 2.11. The largest absolute Gasteiger partial charge is 0.350 e. The summed E-state index contributed by atoms with van der Waals surface area (Å²) in [7, 11) is -3.59. The van der Waals surface area contributed by atoms with Crippen molar-refractivity contribution in [1.29, 1.82) is 0 Å². The first-order chi connectivity index (χ1) is 13.9. The molecule has 150 valence electrons. The monoisotopic (exact) mass is 408 g/mol. The molecule has 0 aliphatic carbocycles. The van der Waals surface area contributed by atoms with Gasteiger partial charge in [-0.25, -0.2) is 13.1 Å². The molecule has 0 aromatic heterocycles. The van der Waals surface area contributed by atoms with Gasteiger partial charge < -0.3 is 5.32 Å². The van der Waals surface area contributed by atoms with E-state index >= 15 is 0 Å². The van der Waals surface area contributed by atoms with Gasteiger partial charge in [0.2, 0.25) is 15.9 Å². The average molecular weight is 409 g/mol. The van der Waals surface area contributed by atoms with Crippen LogP contribution in [0.25, 0.3) is 16.8 Å². The molecule has 0 aliphatic rings. The van der Waals surface area contributed by atoms with E-state index in [2.05, 4.69) is 16.1 Å². The summed E-state index contributed by atoms with van der Waals surface area (Å²) in [5.41, 5.74) is 1.79. The molecule has 0 bridgehead atoms. The van der Waals surface area contributed by atoms with Crippen molar-refractivity contribution < 1.29 is 13.2 Å². The maximum Gasteiger partial charge on any atom is 0.233 e. The fourth-order valence-corrected chi connectivity index (χ4v) is 3.78. The molecule has 3 rings (SSSR count). The molecule has 1 atom stereocenters. The first-order valence-electron chi connectivity index (χ1n) is 9.44. The predicted molar refractivity (Wildman–Crippen MR) is 118 cm³/mol. The zero-order valence-corrected chi connectivity index (χ0v) is 17.0. The number of carbonyl (C=O) groups is 1. The van der Waals surface area contributed by atoms with E-state index in [9.17, 15) is 13.2 Å². The normalized spacial score (nSPS) is 12.9. The van der Waals surface area contributed by atoms with Crippen LogP contribution < -0.4 is 10.0 Å². The lowest BCUT2D eigenvalue weighted by Gasteiger charge is -2.15. The van der Waals surface area contributed by atoms with Gasteiger partial charge in [-0.05, 0) is 41.0 Å². The highest BCUT2D eigenvalue weighted by molar-refractivity contribution is 7.92. The van der Waals surface area contributed by atoms with E-state index in [4.69, 9.17) is 0 Å². The van der Waals surface area contributed by atoms with Crippen molar-refractivity contribution in [2.75, 3.05) is 6.54 Å². The van der Waals surface area contributed by atoms with Gasteiger partial charge in [0.15, 0.2) is 0 Å². The van der Waals surface area contributed by atoms with Crippen LogP contribution in [0.2, 0.25) is 0 Å². The Balaban J connectivity index is 1.49. The number of hydrogen-bond acceptors (Lipinski definition) is 3. The molecule has 3 aromatic rings. The summed E-state index contributed by atoms with van der Waals surface area (Å²) in [5, 5.41) is 6.28. The van der Waals surface area contributed by atoms with Gasteiger partial charge in [-0.1, -0.05) is 66.7 Å². The second-order valence-corrected chi connectivity index (χ2v) is 8.45. The van der Waals surface area contributed by atoms with Gasteiger partial charge in [0.05, 0.1) is 6.04 Å². The van der Waals surface area contributed by atoms with Crippen LogP contribution in [0, 0.1) is 0 Å². The molecule has 5 nitrogen and oxygen atoms in total. The molecular weight excluding hydrogens is 384 g/mol. The Morgan fingerprint density at radius 3 is 2.41 bits per heavy atom. The van der Waals surface area contributed by atoms with Gasteiger partial charge in [-0.3, -0.25) is 4.79 Å². The molecule has 0 heterocycles. The van der Waals surface area contributed by atoms with E-state index < -0.39 is 10.0 Å². The first-order valence-corrected chi connectivity index (χ1v) is 11.0. The summed E-state index contributed by atoms with van der Waals surface area (Å²) in [6.07, 6.45) is 1.58.